The average Bonchev–Trinajstić information content (AvgIpc) is 2.78. The lowest BCUT2D eigenvalue weighted by Gasteiger charge is -2.13. The fraction of sp³-hybridized carbons (Fsp3) is 0.200. The van der Waals surface area contributed by atoms with Gasteiger partial charge in [-0.25, -0.2) is 0 Å². The summed E-state index contributed by atoms with van der Waals surface area (Å²) in [6, 6.07) is 4.52. The van der Waals surface area contributed by atoms with Crippen LogP contribution in [0.4, 0.5) is 0 Å². The highest BCUT2D eigenvalue weighted by atomic mass is 32.1. The van der Waals surface area contributed by atoms with Crippen LogP contribution in [0.25, 0.3) is 0 Å². The molecule has 2 heterocycles. The first-order valence-corrected chi connectivity index (χ1v) is 8.67. The largest absolute Gasteiger partial charge is 0.148 e. The van der Waals surface area contributed by atoms with Crippen LogP contribution in [0.15, 0.2) is 33.7 Å². The summed E-state index contributed by atoms with van der Waals surface area (Å²) in [5.74, 6) is 0. The van der Waals surface area contributed by atoms with Crippen LogP contribution in [0.3, 0.4) is 0 Å². The molecule has 0 unspecified atom stereocenters. The van der Waals surface area contributed by atoms with Crippen LogP contribution in [0, 0.1) is 0 Å². The van der Waals surface area contributed by atoms with Gasteiger partial charge in [0.2, 0.25) is 0 Å². The SMILES string of the molecule is C[P+](C)(c1ccsc1)c1ccsc1. The minimum Gasteiger partial charge on any atom is -0.148 e. The standard InChI is InChI=1S/C10H12PS2/c1-11(2,9-3-5-12-7-9)10-4-6-13-8-10/h3-8H,1-2H3/q+1. The van der Waals surface area contributed by atoms with E-state index in [2.05, 4.69) is 47.0 Å². The Morgan fingerprint density at radius 2 is 1.38 bits per heavy atom. The molecule has 0 atom stereocenters. The van der Waals surface area contributed by atoms with E-state index in [9.17, 15) is 0 Å². The van der Waals surface area contributed by atoms with Gasteiger partial charge in [-0.3, -0.25) is 0 Å². The van der Waals surface area contributed by atoms with Gasteiger partial charge >= 0.3 is 0 Å². The van der Waals surface area contributed by atoms with Gasteiger partial charge in [-0.15, -0.1) is 22.7 Å². The first-order valence-electron chi connectivity index (χ1n) is 4.11. The molecule has 0 aliphatic carbocycles. The fourth-order valence-corrected chi connectivity index (χ4v) is 6.21. The molecule has 68 valence electrons. The molecule has 0 aliphatic heterocycles. The minimum atomic E-state index is -1.03. The molecule has 0 radical (unpaired) electrons. The smallest absolute Gasteiger partial charge is 0.109 e. The van der Waals surface area contributed by atoms with Gasteiger partial charge in [0, 0.05) is 10.8 Å². The van der Waals surface area contributed by atoms with Crippen LogP contribution in [0.1, 0.15) is 0 Å². The van der Waals surface area contributed by atoms with Gasteiger partial charge in [-0.2, -0.15) is 0 Å². The van der Waals surface area contributed by atoms with E-state index in [-0.39, 0.29) is 0 Å². The second-order valence-corrected chi connectivity index (χ2v) is 8.92. The molecule has 3 heteroatoms. The zero-order valence-corrected chi connectivity index (χ0v) is 10.3. The zero-order valence-electron chi connectivity index (χ0n) is 7.73. The van der Waals surface area contributed by atoms with Crippen LogP contribution in [0.2, 0.25) is 0 Å². The highest BCUT2D eigenvalue weighted by Crippen LogP contribution is 2.49. The van der Waals surface area contributed by atoms with E-state index in [4.69, 9.17) is 0 Å². The summed E-state index contributed by atoms with van der Waals surface area (Å²) in [5, 5.41) is 12.0. The Morgan fingerprint density at radius 3 is 1.69 bits per heavy atom. The molecule has 0 aliphatic rings. The summed E-state index contributed by atoms with van der Waals surface area (Å²) >= 11 is 3.59. The molecular weight excluding hydrogens is 215 g/mol. The Hall–Kier alpha value is -0.170. The van der Waals surface area contributed by atoms with E-state index >= 15 is 0 Å². The highest BCUT2D eigenvalue weighted by molar-refractivity contribution is 7.88. The highest BCUT2D eigenvalue weighted by Gasteiger charge is 2.31. The Morgan fingerprint density at radius 1 is 0.923 bits per heavy atom. The number of hydrogen-bond donors (Lipinski definition) is 0. The van der Waals surface area contributed by atoms with Crippen LogP contribution in [-0.2, 0) is 0 Å². The second-order valence-electron chi connectivity index (χ2n) is 3.42. The van der Waals surface area contributed by atoms with Crippen molar-refractivity contribution in [2.75, 3.05) is 13.3 Å². The molecule has 0 N–H and O–H groups in total. The van der Waals surface area contributed by atoms with Gasteiger partial charge in [0.1, 0.15) is 10.6 Å². The van der Waals surface area contributed by atoms with E-state index in [1.807, 2.05) is 0 Å². The normalized spacial score (nSPS) is 11.8. The van der Waals surface area contributed by atoms with Gasteiger partial charge in [0.25, 0.3) is 0 Å². The number of hydrogen-bond acceptors (Lipinski definition) is 2. The first-order chi connectivity index (χ1) is 6.21. The second kappa shape index (κ2) is 3.53. The molecule has 0 nitrogen and oxygen atoms in total. The Kier molecular flexibility index (Phi) is 2.55. The van der Waals surface area contributed by atoms with Crippen molar-refractivity contribution in [2.24, 2.45) is 0 Å². The molecule has 0 saturated carbocycles. The molecule has 2 aromatic rings. The Balaban J connectivity index is 2.42. The van der Waals surface area contributed by atoms with Crippen molar-refractivity contribution in [3.05, 3.63) is 33.7 Å². The lowest BCUT2D eigenvalue weighted by Crippen LogP contribution is -2.17. The van der Waals surface area contributed by atoms with E-state index in [1.54, 1.807) is 22.7 Å². The van der Waals surface area contributed by atoms with Gasteiger partial charge in [-0.05, 0) is 22.9 Å². The summed E-state index contributed by atoms with van der Waals surface area (Å²) in [4.78, 5) is 0. The summed E-state index contributed by atoms with van der Waals surface area (Å²) < 4.78 is 0. The Bertz CT molecular complexity index is 323. The molecule has 13 heavy (non-hydrogen) atoms. The molecule has 0 bridgehead atoms. The van der Waals surface area contributed by atoms with E-state index in [0.29, 0.717) is 0 Å². The monoisotopic (exact) mass is 227 g/mol. The van der Waals surface area contributed by atoms with Crippen molar-refractivity contribution in [3.8, 4) is 0 Å². The topological polar surface area (TPSA) is 0 Å². The fourth-order valence-electron chi connectivity index (χ4n) is 1.30. The third-order valence-corrected chi connectivity index (χ3v) is 7.16. The summed E-state index contributed by atoms with van der Waals surface area (Å²) in [7, 11) is -1.03. The maximum Gasteiger partial charge on any atom is 0.109 e. The lowest BCUT2D eigenvalue weighted by atomic mass is 10.7. The quantitative estimate of drug-likeness (QED) is 0.692. The molecule has 2 aromatic heterocycles. The van der Waals surface area contributed by atoms with E-state index in [0.717, 1.165) is 0 Å². The van der Waals surface area contributed by atoms with Gasteiger partial charge in [-0.1, -0.05) is 0 Å². The maximum absolute atomic E-state index is 2.39. The predicted molar refractivity (Wildman–Crippen MR) is 66.7 cm³/mol. The van der Waals surface area contributed by atoms with Gasteiger partial charge in [0.15, 0.2) is 0 Å². The van der Waals surface area contributed by atoms with E-state index in [1.165, 1.54) is 10.6 Å². The first kappa shape index (κ1) is 9.39. The maximum atomic E-state index is 2.39. The van der Waals surface area contributed by atoms with Gasteiger partial charge < -0.3 is 0 Å². The Labute approximate surface area is 87.6 Å². The molecule has 2 rings (SSSR count). The van der Waals surface area contributed by atoms with E-state index < -0.39 is 7.26 Å². The lowest BCUT2D eigenvalue weighted by molar-refractivity contribution is 1.97. The van der Waals surface area contributed by atoms with Crippen molar-refractivity contribution in [1.29, 1.82) is 0 Å². The third kappa shape index (κ3) is 1.71. The van der Waals surface area contributed by atoms with Crippen LogP contribution >= 0.6 is 29.9 Å². The number of rotatable bonds is 2. The summed E-state index contributed by atoms with van der Waals surface area (Å²) in [6.45, 7) is 4.77. The number of thiophene rings is 2. The van der Waals surface area contributed by atoms with Crippen molar-refractivity contribution in [3.63, 3.8) is 0 Å². The van der Waals surface area contributed by atoms with Crippen molar-refractivity contribution in [1.82, 2.24) is 0 Å². The predicted octanol–water partition coefficient (Wildman–Crippen LogP) is 3.04. The van der Waals surface area contributed by atoms with Crippen molar-refractivity contribution >= 4 is 40.5 Å². The molecule has 0 aromatic carbocycles. The van der Waals surface area contributed by atoms with Crippen LogP contribution < -0.4 is 10.6 Å². The molecule has 0 spiro atoms. The average molecular weight is 227 g/mol. The van der Waals surface area contributed by atoms with Crippen molar-refractivity contribution in [2.45, 2.75) is 0 Å². The van der Waals surface area contributed by atoms with Crippen LogP contribution in [0.5, 0.6) is 0 Å². The van der Waals surface area contributed by atoms with Gasteiger partial charge in [0.05, 0.1) is 20.6 Å². The van der Waals surface area contributed by atoms with Crippen molar-refractivity contribution < 1.29 is 0 Å². The molecule has 0 saturated heterocycles. The minimum absolute atomic E-state index is 1.03. The molecule has 0 amide bonds. The summed E-state index contributed by atoms with van der Waals surface area (Å²) in [6.07, 6.45) is 0. The molecule has 0 fully saturated rings. The van der Waals surface area contributed by atoms with Crippen LogP contribution in [-0.4, -0.2) is 13.3 Å². The molecular formula is C10H12PS2+. The zero-order chi connectivity index (χ0) is 9.31. The summed E-state index contributed by atoms with van der Waals surface area (Å²) in [5.41, 5.74) is 0. The third-order valence-electron chi connectivity index (χ3n) is 2.30.